The Morgan fingerprint density at radius 1 is 1.19 bits per heavy atom. The number of imide groups is 1. The number of rotatable bonds is 6. The molecule has 1 atom stereocenters. The molecule has 1 saturated heterocycles. The van der Waals surface area contributed by atoms with Crippen molar-refractivity contribution in [2.75, 3.05) is 0 Å². The second-order valence-electron chi connectivity index (χ2n) is 7.64. The molecule has 2 aliphatic rings. The highest BCUT2D eigenvalue weighted by Gasteiger charge is 2.41. The first kappa shape index (κ1) is 19.5. The molecule has 2 aliphatic heterocycles. The zero-order chi connectivity index (χ0) is 24.8. The van der Waals surface area contributed by atoms with Gasteiger partial charge in [-0.2, -0.15) is 8.78 Å². The largest absolute Gasteiger partial charge is 0.330 e. The number of Topliss-reactive ketones (excluding diaryl/α,β-unsaturated/α-hetero) is 1. The van der Waals surface area contributed by atoms with Crippen molar-refractivity contribution in [1.29, 1.82) is 0 Å². The molecule has 0 radical (unpaired) electrons. The van der Waals surface area contributed by atoms with Gasteiger partial charge in [-0.1, -0.05) is 35.9 Å². The molecule has 0 bridgehead atoms. The van der Waals surface area contributed by atoms with Crippen molar-refractivity contribution in [3.63, 3.8) is 0 Å². The lowest BCUT2D eigenvalue weighted by Gasteiger charge is -2.29. The molecular formula is C23H19ClF2N2O4. The van der Waals surface area contributed by atoms with Gasteiger partial charge in [0.05, 0.1) is 0 Å². The molecule has 2 aromatic carbocycles. The lowest BCUT2D eigenvalue weighted by atomic mass is 9.97. The van der Waals surface area contributed by atoms with E-state index >= 15 is 0 Å². The molecule has 9 heteroatoms. The second-order valence-corrected chi connectivity index (χ2v) is 8.08. The molecule has 0 aromatic heterocycles. The minimum absolute atomic E-state index is 0.000749. The average molecular weight is 463 g/mol. The van der Waals surface area contributed by atoms with Crippen LogP contribution in [0.3, 0.4) is 0 Å². The summed E-state index contributed by atoms with van der Waals surface area (Å²) in [5.74, 6) is -7.20. The van der Waals surface area contributed by atoms with Crippen LogP contribution in [0.1, 0.15) is 49.0 Å². The number of nitrogens with one attached hydrogen (secondary N) is 1. The van der Waals surface area contributed by atoms with Crippen LogP contribution in [0, 0.1) is 0 Å². The number of ketones is 1. The number of carbonyl (C=O) groups is 4. The fraction of sp³-hybridized carbons (Fsp3) is 0.304. The maximum absolute atomic E-state index is 14.5. The first-order chi connectivity index (χ1) is 15.9. The fourth-order valence-electron chi connectivity index (χ4n) is 3.81. The van der Waals surface area contributed by atoms with Gasteiger partial charge in [0.25, 0.3) is 5.91 Å². The number of piperidine rings is 1. The lowest BCUT2D eigenvalue weighted by molar-refractivity contribution is -0.144. The number of fused-ring (bicyclic) bond motifs is 1. The van der Waals surface area contributed by atoms with Crippen LogP contribution in [0.4, 0.5) is 8.78 Å². The monoisotopic (exact) mass is 462 g/mol. The third-order valence-corrected chi connectivity index (χ3v) is 5.82. The predicted octanol–water partition coefficient (Wildman–Crippen LogP) is 3.39. The van der Waals surface area contributed by atoms with Gasteiger partial charge in [-0.3, -0.25) is 24.5 Å². The summed E-state index contributed by atoms with van der Waals surface area (Å²) in [7, 11) is 0. The molecular weight excluding hydrogens is 442 g/mol. The summed E-state index contributed by atoms with van der Waals surface area (Å²) in [6.07, 6.45) is -3.17. The molecule has 1 fully saturated rings. The zero-order valence-electron chi connectivity index (χ0n) is 18.7. The van der Waals surface area contributed by atoms with Crippen LogP contribution in [-0.4, -0.2) is 34.4 Å². The van der Waals surface area contributed by atoms with Crippen LogP contribution in [0.2, 0.25) is 5.02 Å². The molecule has 2 heterocycles. The predicted molar refractivity (Wildman–Crippen MR) is 111 cm³/mol. The first-order valence-electron chi connectivity index (χ1n) is 10.9. The molecule has 32 heavy (non-hydrogen) atoms. The molecule has 6 nitrogen and oxygen atoms in total. The van der Waals surface area contributed by atoms with Gasteiger partial charge in [0.1, 0.15) is 6.04 Å². The number of hydrogen-bond donors (Lipinski definition) is 1. The standard InChI is InChI=1S/C23H19ClF2N2O4/c24-16-5-3-15(4-6-16)23(25,26)19(29)9-2-13-1-7-17-14(11-13)12-28(22(17)32)18-8-10-20(30)27-21(18)31/h1,3-7,11,18H,2,8-10,12H2,(H,27,30,31)/i10D2. The molecule has 1 N–H and O–H groups in total. The van der Waals surface area contributed by atoms with Gasteiger partial charge in [0.15, 0.2) is 0 Å². The summed E-state index contributed by atoms with van der Waals surface area (Å²) in [5, 5.41) is 2.24. The summed E-state index contributed by atoms with van der Waals surface area (Å²) < 4.78 is 44.5. The summed E-state index contributed by atoms with van der Waals surface area (Å²) in [6, 6.07) is 8.29. The Kier molecular flexibility index (Phi) is 5.15. The highest BCUT2D eigenvalue weighted by atomic mass is 35.5. The van der Waals surface area contributed by atoms with Crippen LogP contribution in [-0.2, 0) is 33.3 Å². The molecule has 0 saturated carbocycles. The summed E-state index contributed by atoms with van der Waals surface area (Å²) >= 11 is 5.71. The van der Waals surface area contributed by atoms with Gasteiger partial charge in [-0.15, -0.1) is 0 Å². The number of alkyl halides is 2. The van der Waals surface area contributed by atoms with Crippen molar-refractivity contribution in [2.24, 2.45) is 0 Å². The van der Waals surface area contributed by atoms with Crippen LogP contribution in [0.15, 0.2) is 42.5 Å². The van der Waals surface area contributed by atoms with Crippen molar-refractivity contribution >= 4 is 35.1 Å². The van der Waals surface area contributed by atoms with E-state index in [0.29, 0.717) is 16.7 Å². The number of nitrogens with zero attached hydrogens (tertiary/aromatic N) is 1. The van der Waals surface area contributed by atoms with Crippen LogP contribution >= 0.6 is 11.6 Å². The van der Waals surface area contributed by atoms with Gasteiger partial charge < -0.3 is 4.90 Å². The summed E-state index contributed by atoms with van der Waals surface area (Å²) in [4.78, 5) is 50.1. The van der Waals surface area contributed by atoms with Gasteiger partial charge in [-0.05, 0) is 42.2 Å². The topological polar surface area (TPSA) is 83.6 Å². The van der Waals surface area contributed by atoms with E-state index in [9.17, 15) is 28.0 Å². The Morgan fingerprint density at radius 3 is 2.62 bits per heavy atom. The SMILES string of the molecule is [2H]C1([2H])CC(N2Cc3cc(CCC(=O)C(F)(F)c4ccc(Cl)cc4)ccc3C2=O)C(=O)NC1=O. The quantitative estimate of drug-likeness (QED) is 0.667. The minimum atomic E-state index is -3.67. The highest BCUT2D eigenvalue weighted by molar-refractivity contribution is 6.30. The lowest BCUT2D eigenvalue weighted by Crippen LogP contribution is -2.52. The van der Waals surface area contributed by atoms with Crippen molar-refractivity contribution < 1.29 is 30.7 Å². The highest BCUT2D eigenvalue weighted by Crippen LogP contribution is 2.32. The van der Waals surface area contributed by atoms with Crippen molar-refractivity contribution in [3.05, 3.63) is 69.7 Å². The minimum Gasteiger partial charge on any atom is -0.322 e. The Morgan fingerprint density at radius 2 is 1.91 bits per heavy atom. The first-order valence-corrected chi connectivity index (χ1v) is 10.2. The molecule has 0 spiro atoms. The number of hydrogen-bond acceptors (Lipinski definition) is 4. The van der Waals surface area contributed by atoms with Crippen molar-refractivity contribution in [3.8, 4) is 0 Å². The van der Waals surface area contributed by atoms with Crippen LogP contribution in [0.5, 0.6) is 0 Å². The number of benzene rings is 2. The molecule has 166 valence electrons. The number of halogens is 3. The fourth-order valence-corrected chi connectivity index (χ4v) is 3.94. The number of aryl methyl sites for hydroxylation is 1. The Bertz CT molecular complexity index is 1200. The van der Waals surface area contributed by atoms with Gasteiger partial charge in [-0.25, -0.2) is 0 Å². The van der Waals surface area contributed by atoms with E-state index in [1.165, 1.54) is 23.1 Å². The summed E-state index contributed by atoms with van der Waals surface area (Å²) in [5.41, 5.74) is 0.949. The average Bonchev–Trinajstić information content (AvgIpc) is 3.10. The van der Waals surface area contributed by atoms with Crippen LogP contribution in [0.25, 0.3) is 0 Å². The molecule has 1 unspecified atom stereocenters. The van der Waals surface area contributed by atoms with E-state index in [0.717, 1.165) is 12.1 Å². The Labute approximate surface area is 190 Å². The molecule has 2 aromatic rings. The third-order valence-electron chi connectivity index (χ3n) is 5.57. The summed E-state index contributed by atoms with van der Waals surface area (Å²) in [6.45, 7) is -0.000749. The van der Waals surface area contributed by atoms with Crippen molar-refractivity contribution in [2.45, 2.75) is 44.1 Å². The van der Waals surface area contributed by atoms with Gasteiger partial charge in [0.2, 0.25) is 17.6 Å². The van der Waals surface area contributed by atoms with E-state index in [1.807, 2.05) is 5.32 Å². The van der Waals surface area contributed by atoms with Gasteiger partial charge >= 0.3 is 5.92 Å². The second kappa shape index (κ2) is 8.43. The number of carbonyl (C=O) groups excluding carboxylic acids is 4. The Balaban J connectivity index is 1.45. The van der Waals surface area contributed by atoms with E-state index in [4.69, 9.17) is 14.3 Å². The molecule has 0 aliphatic carbocycles. The normalized spacial score (nSPS) is 21.0. The van der Waals surface area contributed by atoms with Crippen molar-refractivity contribution in [1.82, 2.24) is 10.2 Å². The molecule has 4 rings (SSSR count). The number of amides is 3. The smallest absolute Gasteiger partial charge is 0.322 e. The molecule has 3 amide bonds. The maximum atomic E-state index is 14.5. The van der Waals surface area contributed by atoms with E-state index in [1.54, 1.807) is 12.1 Å². The van der Waals surface area contributed by atoms with E-state index < -0.39 is 60.2 Å². The van der Waals surface area contributed by atoms with Gasteiger partial charge in [0, 0.05) is 38.2 Å². The maximum Gasteiger partial charge on any atom is 0.330 e. The van der Waals surface area contributed by atoms with E-state index in [-0.39, 0.29) is 18.0 Å². The Hall–Kier alpha value is -3.13. The van der Waals surface area contributed by atoms with E-state index in [2.05, 4.69) is 0 Å². The third kappa shape index (κ3) is 4.14. The zero-order valence-corrected chi connectivity index (χ0v) is 17.4. The van der Waals surface area contributed by atoms with Crippen LogP contribution < -0.4 is 5.32 Å².